The minimum absolute atomic E-state index is 0.0773. The van der Waals surface area contributed by atoms with E-state index in [2.05, 4.69) is 20.8 Å². The van der Waals surface area contributed by atoms with E-state index in [0.717, 1.165) is 28.7 Å². The molecular formula is C16H23BrN2O2. The summed E-state index contributed by atoms with van der Waals surface area (Å²) >= 11 is 3.51. The summed E-state index contributed by atoms with van der Waals surface area (Å²) < 4.78 is 0.883. The Morgan fingerprint density at radius 3 is 2.48 bits per heavy atom. The Balaban J connectivity index is 1.99. The molecule has 0 saturated carbocycles. The van der Waals surface area contributed by atoms with Crippen molar-refractivity contribution in [3.63, 3.8) is 0 Å². The SMILES string of the molecule is Cc1cccc(C(=O)N2CCN(CC(C)(C)O)CC2)c1Br. The van der Waals surface area contributed by atoms with E-state index in [9.17, 15) is 9.90 Å². The average Bonchev–Trinajstić information content (AvgIpc) is 2.40. The number of carbonyl (C=O) groups is 1. The highest BCUT2D eigenvalue weighted by molar-refractivity contribution is 9.10. The molecule has 1 saturated heterocycles. The summed E-state index contributed by atoms with van der Waals surface area (Å²) in [6.07, 6.45) is 0. The molecule has 1 fully saturated rings. The van der Waals surface area contributed by atoms with Crippen LogP contribution < -0.4 is 0 Å². The number of rotatable bonds is 3. The van der Waals surface area contributed by atoms with Crippen molar-refractivity contribution in [2.45, 2.75) is 26.4 Å². The number of nitrogens with zero attached hydrogens (tertiary/aromatic N) is 2. The second-order valence-electron chi connectivity index (χ2n) is 6.32. The third-order valence-corrected chi connectivity index (χ3v) is 4.74. The van der Waals surface area contributed by atoms with E-state index < -0.39 is 5.60 Å². The van der Waals surface area contributed by atoms with Crippen LogP contribution in [0.25, 0.3) is 0 Å². The molecule has 21 heavy (non-hydrogen) atoms. The summed E-state index contributed by atoms with van der Waals surface area (Å²) in [6, 6.07) is 5.77. The van der Waals surface area contributed by atoms with Gasteiger partial charge in [-0.25, -0.2) is 0 Å². The van der Waals surface area contributed by atoms with Gasteiger partial charge in [-0.15, -0.1) is 0 Å². The maximum Gasteiger partial charge on any atom is 0.255 e. The molecule has 1 N–H and O–H groups in total. The molecule has 1 amide bonds. The first-order valence-corrected chi connectivity index (χ1v) is 8.06. The lowest BCUT2D eigenvalue weighted by atomic mass is 10.1. The van der Waals surface area contributed by atoms with Crippen LogP contribution in [0.2, 0.25) is 0 Å². The van der Waals surface area contributed by atoms with Crippen LogP contribution in [-0.4, -0.2) is 59.1 Å². The van der Waals surface area contributed by atoms with Crippen molar-refractivity contribution in [3.8, 4) is 0 Å². The van der Waals surface area contributed by atoms with Crippen molar-refractivity contribution in [1.82, 2.24) is 9.80 Å². The molecule has 0 radical (unpaired) electrons. The molecule has 1 aromatic carbocycles. The van der Waals surface area contributed by atoms with Crippen molar-refractivity contribution in [1.29, 1.82) is 0 Å². The first-order chi connectivity index (χ1) is 9.78. The molecule has 1 aliphatic heterocycles. The molecule has 0 unspecified atom stereocenters. The molecule has 0 aliphatic carbocycles. The summed E-state index contributed by atoms with van der Waals surface area (Å²) in [7, 11) is 0. The fourth-order valence-corrected chi connectivity index (χ4v) is 3.07. The van der Waals surface area contributed by atoms with Gasteiger partial charge in [0.25, 0.3) is 5.91 Å². The first kappa shape index (κ1) is 16.5. The van der Waals surface area contributed by atoms with Gasteiger partial charge in [-0.05, 0) is 48.3 Å². The van der Waals surface area contributed by atoms with Gasteiger partial charge in [0.1, 0.15) is 0 Å². The van der Waals surface area contributed by atoms with E-state index >= 15 is 0 Å². The topological polar surface area (TPSA) is 43.8 Å². The molecule has 1 heterocycles. The first-order valence-electron chi connectivity index (χ1n) is 7.27. The lowest BCUT2D eigenvalue weighted by molar-refractivity contribution is 0.0178. The molecule has 1 aromatic rings. The minimum atomic E-state index is -0.689. The molecule has 1 aliphatic rings. The third-order valence-electron chi connectivity index (χ3n) is 3.69. The van der Waals surface area contributed by atoms with Gasteiger partial charge in [-0.3, -0.25) is 9.69 Å². The van der Waals surface area contributed by atoms with Crippen molar-refractivity contribution >= 4 is 21.8 Å². The van der Waals surface area contributed by atoms with Crippen LogP contribution in [0.1, 0.15) is 29.8 Å². The zero-order chi connectivity index (χ0) is 15.6. The van der Waals surface area contributed by atoms with Gasteiger partial charge in [0.2, 0.25) is 0 Å². The van der Waals surface area contributed by atoms with Gasteiger partial charge >= 0.3 is 0 Å². The van der Waals surface area contributed by atoms with Crippen LogP contribution in [0.4, 0.5) is 0 Å². The van der Waals surface area contributed by atoms with Gasteiger partial charge in [-0.2, -0.15) is 0 Å². The summed E-state index contributed by atoms with van der Waals surface area (Å²) in [4.78, 5) is 16.7. The van der Waals surface area contributed by atoms with Gasteiger partial charge in [-0.1, -0.05) is 12.1 Å². The molecule has 0 aromatic heterocycles. The Kier molecular flexibility index (Phi) is 5.07. The summed E-state index contributed by atoms with van der Waals surface area (Å²) in [6.45, 7) is 9.27. The number of halogens is 1. The lowest BCUT2D eigenvalue weighted by Gasteiger charge is -2.37. The quantitative estimate of drug-likeness (QED) is 0.905. The highest BCUT2D eigenvalue weighted by atomic mass is 79.9. The molecule has 0 spiro atoms. The third kappa shape index (κ3) is 4.28. The molecule has 0 bridgehead atoms. The Morgan fingerprint density at radius 1 is 1.29 bits per heavy atom. The van der Waals surface area contributed by atoms with Crippen molar-refractivity contribution in [2.75, 3.05) is 32.7 Å². The van der Waals surface area contributed by atoms with Crippen LogP contribution in [-0.2, 0) is 0 Å². The number of hydrogen-bond acceptors (Lipinski definition) is 3. The van der Waals surface area contributed by atoms with Crippen molar-refractivity contribution in [2.24, 2.45) is 0 Å². The standard InChI is InChI=1S/C16H23BrN2O2/c1-12-5-4-6-13(14(12)17)15(20)19-9-7-18(8-10-19)11-16(2,3)21/h4-6,21H,7-11H2,1-3H3. The van der Waals surface area contributed by atoms with E-state index in [1.807, 2.05) is 43.9 Å². The van der Waals surface area contributed by atoms with Crippen molar-refractivity contribution in [3.05, 3.63) is 33.8 Å². The Bertz CT molecular complexity index is 517. The van der Waals surface area contributed by atoms with E-state index in [-0.39, 0.29) is 5.91 Å². The predicted molar refractivity (Wildman–Crippen MR) is 87.5 cm³/mol. The smallest absolute Gasteiger partial charge is 0.255 e. The average molecular weight is 355 g/mol. The highest BCUT2D eigenvalue weighted by Crippen LogP contribution is 2.23. The van der Waals surface area contributed by atoms with E-state index in [1.54, 1.807) is 0 Å². The van der Waals surface area contributed by atoms with E-state index in [1.165, 1.54) is 0 Å². The molecular weight excluding hydrogens is 332 g/mol. The van der Waals surface area contributed by atoms with Crippen LogP contribution in [0.3, 0.4) is 0 Å². The number of carbonyl (C=O) groups excluding carboxylic acids is 1. The van der Waals surface area contributed by atoms with E-state index in [0.29, 0.717) is 19.6 Å². The van der Waals surface area contributed by atoms with Crippen LogP contribution >= 0.6 is 15.9 Å². The molecule has 0 atom stereocenters. The van der Waals surface area contributed by atoms with Gasteiger partial charge in [0, 0.05) is 37.2 Å². The maximum absolute atomic E-state index is 12.6. The number of aliphatic hydroxyl groups is 1. The fraction of sp³-hybridized carbons (Fsp3) is 0.562. The summed E-state index contributed by atoms with van der Waals surface area (Å²) in [5.41, 5.74) is 1.11. The van der Waals surface area contributed by atoms with Gasteiger partial charge in [0.15, 0.2) is 0 Å². The minimum Gasteiger partial charge on any atom is -0.389 e. The molecule has 116 valence electrons. The number of benzene rings is 1. The highest BCUT2D eigenvalue weighted by Gasteiger charge is 2.26. The van der Waals surface area contributed by atoms with Gasteiger partial charge < -0.3 is 10.0 Å². The lowest BCUT2D eigenvalue weighted by Crippen LogP contribution is -2.52. The molecule has 4 nitrogen and oxygen atoms in total. The number of amides is 1. The van der Waals surface area contributed by atoms with Crippen molar-refractivity contribution < 1.29 is 9.90 Å². The zero-order valence-electron chi connectivity index (χ0n) is 12.9. The normalized spacial score (nSPS) is 17.1. The Hall–Kier alpha value is -0.910. The largest absolute Gasteiger partial charge is 0.389 e. The van der Waals surface area contributed by atoms with Crippen LogP contribution in [0.15, 0.2) is 22.7 Å². The second-order valence-corrected chi connectivity index (χ2v) is 7.11. The number of hydrogen-bond donors (Lipinski definition) is 1. The monoisotopic (exact) mass is 354 g/mol. The number of piperazine rings is 1. The Labute approximate surface area is 134 Å². The zero-order valence-corrected chi connectivity index (χ0v) is 14.5. The summed E-state index contributed by atoms with van der Waals surface area (Å²) in [5, 5.41) is 9.86. The Morgan fingerprint density at radius 2 is 1.90 bits per heavy atom. The maximum atomic E-state index is 12.6. The molecule has 2 rings (SSSR count). The van der Waals surface area contributed by atoms with E-state index in [4.69, 9.17) is 0 Å². The molecule has 5 heteroatoms. The fourth-order valence-electron chi connectivity index (χ4n) is 2.64. The second kappa shape index (κ2) is 6.46. The van der Waals surface area contributed by atoms with Gasteiger partial charge in [0.05, 0.1) is 11.2 Å². The van der Waals surface area contributed by atoms with Crippen LogP contribution in [0.5, 0.6) is 0 Å². The van der Waals surface area contributed by atoms with Crippen LogP contribution in [0, 0.1) is 6.92 Å². The number of aryl methyl sites for hydroxylation is 1. The number of β-amino-alcohol motifs (C(OH)–C–C–N with tert-alkyl or cyclic N) is 1. The summed E-state index contributed by atoms with van der Waals surface area (Å²) in [5.74, 6) is 0.0773. The predicted octanol–water partition coefficient (Wildman–Crippen LogP) is 2.29.